The van der Waals surface area contributed by atoms with Gasteiger partial charge in [0.2, 0.25) is 10.0 Å². The monoisotopic (exact) mass is 298 g/mol. The van der Waals surface area contributed by atoms with E-state index in [9.17, 15) is 8.42 Å². The molecule has 0 fully saturated rings. The van der Waals surface area contributed by atoms with Gasteiger partial charge in [-0.15, -0.1) is 0 Å². The van der Waals surface area contributed by atoms with Gasteiger partial charge in [-0.1, -0.05) is 32.8 Å². The molecule has 1 atom stereocenters. The summed E-state index contributed by atoms with van der Waals surface area (Å²) >= 11 is 0. The van der Waals surface area contributed by atoms with Crippen molar-refractivity contribution in [1.29, 1.82) is 0 Å². The highest BCUT2D eigenvalue weighted by Crippen LogP contribution is 2.18. The second-order valence-electron chi connectivity index (χ2n) is 5.28. The summed E-state index contributed by atoms with van der Waals surface area (Å²) in [6.07, 6.45) is 1.92. The smallest absolute Gasteiger partial charge is 0.240 e. The molecule has 0 heterocycles. The van der Waals surface area contributed by atoms with Gasteiger partial charge in [0, 0.05) is 12.6 Å². The van der Waals surface area contributed by atoms with Crippen LogP contribution >= 0.6 is 0 Å². The maximum absolute atomic E-state index is 12.4. The average molecular weight is 298 g/mol. The Balaban J connectivity index is 2.99. The lowest BCUT2D eigenvalue weighted by Crippen LogP contribution is -2.37. The molecule has 1 rings (SSSR count). The van der Waals surface area contributed by atoms with E-state index >= 15 is 0 Å². The van der Waals surface area contributed by atoms with Crippen molar-refractivity contribution in [3.8, 4) is 0 Å². The third-order valence-corrected chi connectivity index (χ3v) is 5.50. The topological polar surface area (TPSA) is 72.2 Å². The molecule has 0 bridgehead atoms. The van der Waals surface area contributed by atoms with E-state index in [1.807, 2.05) is 13.8 Å². The number of sulfonamides is 1. The van der Waals surface area contributed by atoms with Crippen molar-refractivity contribution in [2.45, 2.75) is 58.0 Å². The van der Waals surface area contributed by atoms with Gasteiger partial charge in [0.1, 0.15) is 0 Å². The molecule has 0 amide bonds. The number of hydrogen-bond donors (Lipinski definition) is 2. The van der Waals surface area contributed by atoms with Crippen molar-refractivity contribution in [2.24, 2.45) is 11.7 Å². The highest BCUT2D eigenvalue weighted by Gasteiger charge is 2.22. The van der Waals surface area contributed by atoms with Crippen LogP contribution in [-0.2, 0) is 16.6 Å². The molecule has 114 valence electrons. The Morgan fingerprint density at radius 1 is 1.25 bits per heavy atom. The van der Waals surface area contributed by atoms with Gasteiger partial charge in [-0.05, 0) is 43.0 Å². The van der Waals surface area contributed by atoms with Crippen molar-refractivity contribution < 1.29 is 8.42 Å². The number of nitrogens with two attached hydrogens (primary N) is 1. The molecule has 0 aromatic heterocycles. The second kappa shape index (κ2) is 7.20. The van der Waals surface area contributed by atoms with E-state index in [2.05, 4.69) is 18.6 Å². The molecule has 0 aliphatic carbocycles. The van der Waals surface area contributed by atoms with Gasteiger partial charge in [-0.2, -0.15) is 0 Å². The Morgan fingerprint density at radius 3 is 2.35 bits per heavy atom. The fraction of sp³-hybridized carbons (Fsp3) is 0.600. The maximum atomic E-state index is 12.4. The van der Waals surface area contributed by atoms with Crippen LogP contribution in [0, 0.1) is 12.8 Å². The minimum Gasteiger partial charge on any atom is -0.326 e. The molecule has 1 aromatic rings. The van der Waals surface area contributed by atoms with Crippen molar-refractivity contribution in [3.63, 3.8) is 0 Å². The van der Waals surface area contributed by atoms with E-state index < -0.39 is 10.0 Å². The Labute approximate surface area is 122 Å². The van der Waals surface area contributed by atoms with Gasteiger partial charge in [0.15, 0.2) is 0 Å². The Hall–Kier alpha value is -0.910. The van der Waals surface area contributed by atoms with Crippen LogP contribution in [0.25, 0.3) is 0 Å². The lowest BCUT2D eigenvalue weighted by molar-refractivity contribution is 0.390. The van der Waals surface area contributed by atoms with Gasteiger partial charge in [0.25, 0.3) is 0 Å². The van der Waals surface area contributed by atoms with Crippen LogP contribution in [0.4, 0.5) is 0 Å². The summed E-state index contributed by atoms with van der Waals surface area (Å²) in [7, 11) is -3.48. The highest BCUT2D eigenvalue weighted by molar-refractivity contribution is 7.89. The fourth-order valence-electron chi connectivity index (χ4n) is 2.44. The third kappa shape index (κ3) is 4.04. The van der Waals surface area contributed by atoms with Crippen molar-refractivity contribution in [3.05, 3.63) is 29.3 Å². The Kier molecular flexibility index (Phi) is 6.17. The molecule has 0 aliphatic heterocycles. The fourth-order valence-corrected chi connectivity index (χ4v) is 3.80. The zero-order valence-corrected chi connectivity index (χ0v) is 13.6. The SMILES string of the molecule is CCC(CC)C(C)NS(=O)(=O)c1ccc(C)c(CN)c1. The van der Waals surface area contributed by atoms with Gasteiger partial charge < -0.3 is 5.73 Å². The zero-order chi connectivity index (χ0) is 15.3. The lowest BCUT2D eigenvalue weighted by atomic mass is 9.96. The summed E-state index contributed by atoms with van der Waals surface area (Å²) in [6.45, 7) is 8.36. The number of aryl methyl sites for hydroxylation is 1. The summed E-state index contributed by atoms with van der Waals surface area (Å²) in [6, 6.07) is 5.03. The summed E-state index contributed by atoms with van der Waals surface area (Å²) in [5, 5.41) is 0. The summed E-state index contributed by atoms with van der Waals surface area (Å²) in [5.74, 6) is 0.351. The molecule has 0 saturated heterocycles. The lowest BCUT2D eigenvalue weighted by Gasteiger charge is -2.22. The number of benzene rings is 1. The Bertz CT molecular complexity index is 537. The van der Waals surface area contributed by atoms with Crippen LogP contribution in [0.5, 0.6) is 0 Å². The van der Waals surface area contributed by atoms with E-state index in [0.29, 0.717) is 17.4 Å². The highest BCUT2D eigenvalue weighted by atomic mass is 32.2. The zero-order valence-electron chi connectivity index (χ0n) is 12.8. The molecule has 0 radical (unpaired) electrons. The van der Waals surface area contributed by atoms with E-state index in [1.54, 1.807) is 18.2 Å². The van der Waals surface area contributed by atoms with Gasteiger partial charge in [-0.3, -0.25) is 0 Å². The van der Waals surface area contributed by atoms with Gasteiger partial charge in [-0.25, -0.2) is 13.1 Å². The van der Waals surface area contributed by atoms with Gasteiger partial charge >= 0.3 is 0 Å². The first-order valence-corrected chi connectivity index (χ1v) is 8.65. The van der Waals surface area contributed by atoms with Crippen LogP contribution in [0.15, 0.2) is 23.1 Å². The van der Waals surface area contributed by atoms with Crippen LogP contribution in [0.3, 0.4) is 0 Å². The van der Waals surface area contributed by atoms with Gasteiger partial charge in [0.05, 0.1) is 4.90 Å². The molecule has 0 aliphatic rings. The Morgan fingerprint density at radius 2 is 1.85 bits per heavy atom. The standard InChI is InChI=1S/C15H26N2O2S/c1-5-13(6-2)12(4)17-20(18,19)15-8-7-11(3)14(9-15)10-16/h7-9,12-13,17H,5-6,10,16H2,1-4H3. The molecule has 3 N–H and O–H groups in total. The first-order valence-electron chi connectivity index (χ1n) is 7.17. The molecule has 5 heteroatoms. The van der Waals surface area contributed by atoms with Crippen LogP contribution in [0.2, 0.25) is 0 Å². The molecule has 0 saturated carbocycles. The molecule has 1 unspecified atom stereocenters. The summed E-state index contributed by atoms with van der Waals surface area (Å²) in [5.41, 5.74) is 7.52. The third-order valence-electron chi connectivity index (χ3n) is 3.95. The molecule has 4 nitrogen and oxygen atoms in total. The molecule has 0 spiro atoms. The van der Waals surface area contributed by atoms with Crippen LogP contribution in [-0.4, -0.2) is 14.5 Å². The van der Waals surface area contributed by atoms with Crippen molar-refractivity contribution in [2.75, 3.05) is 0 Å². The van der Waals surface area contributed by atoms with Crippen LogP contribution < -0.4 is 10.5 Å². The van der Waals surface area contributed by atoms with Crippen molar-refractivity contribution in [1.82, 2.24) is 4.72 Å². The number of hydrogen-bond acceptors (Lipinski definition) is 3. The molecular weight excluding hydrogens is 272 g/mol. The number of rotatable bonds is 7. The largest absolute Gasteiger partial charge is 0.326 e. The second-order valence-corrected chi connectivity index (χ2v) is 6.99. The predicted molar refractivity (Wildman–Crippen MR) is 82.9 cm³/mol. The van der Waals surface area contributed by atoms with E-state index in [4.69, 9.17) is 5.73 Å². The minimum absolute atomic E-state index is 0.0716. The average Bonchev–Trinajstić information content (AvgIpc) is 2.39. The maximum Gasteiger partial charge on any atom is 0.240 e. The first-order chi connectivity index (χ1) is 9.35. The molecular formula is C15H26N2O2S. The first kappa shape index (κ1) is 17.1. The van der Waals surface area contributed by atoms with E-state index in [0.717, 1.165) is 24.0 Å². The van der Waals surface area contributed by atoms with Crippen molar-refractivity contribution >= 4 is 10.0 Å². The summed E-state index contributed by atoms with van der Waals surface area (Å²) in [4.78, 5) is 0.293. The normalized spacial score (nSPS) is 13.7. The number of nitrogens with one attached hydrogen (secondary N) is 1. The van der Waals surface area contributed by atoms with E-state index in [1.165, 1.54) is 0 Å². The molecule has 1 aromatic carbocycles. The predicted octanol–water partition coefficient (Wildman–Crippen LogP) is 2.56. The summed E-state index contributed by atoms with van der Waals surface area (Å²) < 4.78 is 27.6. The van der Waals surface area contributed by atoms with E-state index in [-0.39, 0.29) is 6.04 Å². The quantitative estimate of drug-likeness (QED) is 0.812. The molecule has 20 heavy (non-hydrogen) atoms. The van der Waals surface area contributed by atoms with Crippen LogP contribution in [0.1, 0.15) is 44.7 Å². The minimum atomic E-state index is -3.48.